The lowest BCUT2D eigenvalue weighted by Gasteiger charge is -1.98. The van der Waals surface area contributed by atoms with Gasteiger partial charge in [-0.25, -0.2) is 0 Å². The van der Waals surface area contributed by atoms with Crippen LogP contribution in [0.5, 0.6) is 0 Å². The van der Waals surface area contributed by atoms with Crippen LogP contribution in [0.4, 0.5) is 0 Å². The molecule has 0 unspecified atom stereocenters. The third-order valence-corrected chi connectivity index (χ3v) is 1.91. The normalized spacial score (nSPS) is 9.08. The molecular weight excluding hydrogens is 156 g/mol. The van der Waals surface area contributed by atoms with Crippen molar-refractivity contribution in [3.63, 3.8) is 0 Å². The lowest BCUT2D eigenvalue weighted by molar-refractivity contribution is 0.794. The molecule has 1 aromatic carbocycles. The van der Waals surface area contributed by atoms with Crippen molar-refractivity contribution < 1.29 is 0 Å². The fraction of sp³-hybridized carbons (Fsp3) is 0.385. The van der Waals surface area contributed by atoms with Crippen LogP contribution < -0.4 is 0 Å². The molecule has 0 aliphatic heterocycles. The monoisotopic (exact) mass is 171 g/mol. The zero-order chi connectivity index (χ0) is 9.52. The van der Waals surface area contributed by atoms with Gasteiger partial charge in [0, 0.05) is 11.6 Å². The second kappa shape index (κ2) is 5.43. The first-order chi connectivity index (χ1) is 6.36. The van der Waals surface area contributed by atoms with E-state index < -0.39 is 0 Å². The molecule has 0 aliphatic carbocycles. The van der Waals surface area contributed by atoms with Crippen LogP contribution in [0.25, 0.3) is 0 Å². The molecule has 0 N–H and O–H groups in total. The molecule has 0 heterocycles. The van der Waals surface area contributed by atoms with Gasteiger partial charge in [-0.3, -0.25) is 0 Å². The van der Waals surface area contributed by atoms with E-state index in [9.17, 15) is 0 Å². The van der Waals surface area contributed by atoms with Gasteiger partial charge in [-0.2, -0.15) is 0 Å². The van der Waals surface area contributed by atoms with E-state index in [-0.39, 0.29) is 0 Å². The van der Waals surface area contributed by atoms with Crippen LogP contribution in [0.15, 0.2) is 18.2 Å². The van der Waals surface area contributed by atoms with Gasteiger partial charge in [0.2, 0.25) is 0 Å². The summed E-state index contributed by atoms with van der Waals surface area (Å²) in [5.74, 6) is 5.90. The van der Waals surface area contributed by atoms with E-state index in [2.05, 4.69) is 37.0 Å². The average Bonchev–Trinajstić information content (AvgIpc) is 2.16. The van der Waals surface area contributed by atoms with Gasteiger partial charge >= 0.3 is 0 Å². The zero-order valence-corrected chi connectivity index (χ0v) is 8.35. The average molecular weight is 171 g/mol. The number of aryl methyl sites for hydroxylation is 1. The Kier molecular flexibility index (Phi) is 4.12. The Morgan fingerprint density at radius 2 is 2.23 bits per heavy atom. The number of hydrogen-bond acceptors (Lipinski definition) is 0. The highest BCUT2D eigenvalue weighted by Gasteiger charge is 1.93. The summed E-state index contributed by atoms with van der Waals surface area (Å²) < 4.78 is 0. The smallest absolute Gasteiger partial charge is 0.0326 e. The van der Waals surface area contributed by atoms with Crippen molar-refractivity contribution >= 4 is 0 Å². The van der Waals surface area contributed by atoms with Gasteiger partial charge in [0.15, 0.2) is 0 Å². The summed E-state index contributed by atoms with van der Waals surface area (Å²) in [7, 11) is 0. The first-order valence-corrected chi connectivity index (χ1v) is 4.80. The van der Waals surface area contributed by atoms with Crippen LogP contribution in [0, 0.1) is 17.9 Å². The lowest BCUT2D eigenvalue weighted by Crippen LogP contribution is -1.86. The number of rotatable bonds is 3. The molecule has 0 amide bonds. The van der Waals surface area contributed by atoms with Gasteiger partial charge in [0.25, 0.3) is 0 Å². The molecule has 1 radical (unpaired) electrons. The first kappa shape index (κ1) is 9.86. The van der Waals surface area contributed by atoms with Gasteiger partial charge in [0.05, 0.1) is 0 Å². The Balaban J connectivity index is 2.71. The third kappa shape index (κ3) is 3.34. The SMILES string of the molecule is CC#Cc1[c]c(CCCC)ccc1. The summed E-state index contributed by atoms with van der Waals surface area (Å²) in [5, 5.41) is 0. The topological polar surface area (TPSA) is 0 Å². The molecule has 0 bridgehead atoms. The van der Waals surface area contributed by atoms with Gasteiger partial charge in [-0.1, -0.05) is 31.4 Å². The second-order valence-electron chi connectivity index (χ2n) is 3.07. The molecule has 1 rings (SSSR count). The number of hydrogen-bond donors (Lipinski definition) is 0. The van der Waals surface area contributed by atoms with Crippen LogP contribution in [0.1, 0.15) is 37.8 Å². The molecular formula is C13H15. The fourth-order valence-electron chi connectivity index (χ4n) is 1.24. The molecule has 0 nitrogen and oxygen atoms in total. The minimum atomic E-state index is 1.01. The third-order valence-electron chi connectivity index (χ3n) is 1.91. The maximum atomic E-state index is 3.31. The van der Waals surface area contributed by atoms with E-state index in [1.165, 1.54) is 18.4 Å². The molecule has 67 valence electrons. The lowest BCUT2D eigenvalue weighted by atomic mass is 10.1. The van der Waals surface area contributed by atoms with Crippen molar-refractivity contribution in [1.29, 1.82) is 0 Å². The Morgan fingerprint density at radius 1 is 1.38 bits per heavy atom. The van der Waals surface area contributed by atoms with Gasteiger partial charge in [-0.05, 0) is 31.4 Å². The Hall–Kier alpha value is -1.22. The van der Waals surface area contributed by atoms with Crippen LogP contribution >= 0.6 is 0 Å². The van der Waals surface area contributed by atoms with Crippen molar-refractivity contribution in [1.82, 2.24) is 0 Å². The maximum Gasteiger partial charge on any atom is 0.0326 e. The van der Waals surface area contributed by atoms with Crippen molar-refractivity contribution in [2.24, 2.45) is 0 Å². The van der Waals surface area contributed by atoms with Crippen LogP contribution in [0.2, 0.25) is 0 Å². The predicted octanol–water partition coefficient (Wildman–Crippen LogP) is 3.20. The number of unbranched alkanes of at least 4 members (excludes halogenated alkanes) is 1. The van der Waals surface area contributed by atoms with Gasteiger partial charge in [-0.15, -0.1) is 5.92 Å². The Bertz CT molecular complexity index is 312. The zero-order valence-electron chi connectivity index (χ0n) is 8.35. The summed E-state index contributed by atoms with van der Waals surface area (Å²) in [4.78, 5) is 0. The van der Waals surface area contributed by atoms with Gasteiger partial charge in [0.1, 0.15) is 0 Å². The van der Waals surface area contributed by atoms with E-state index in [1.54, 1.807) is 0 Å². The quantitative estimate of drug-likeness (QED) is 0.613. The molecule has 13 heavy (non-hydrogen) atoms. The van der Waals surface area contributed by atoms with Crippen molar-refractivity contribution in [2.45, 2.75) is 33.1 Å². The molecule has 0 aliphatic rings. The van der Waals surface area contributed by atoms with Crippen LogP contribution in [-0.2, 0) is 6.42 Å². The second-order valence-corrected chi connectivity index (χ2v) is 3.07. The van der Waals surface area contributed by atoms with Crippen molar-refractivity contribution in [2.75, 3.05) is 0 Å². The minimum Gasteiger partial charge on any atom is -0.101 e. The van der Waals surface area contributed by atoms with Crippen LogP contribution in [0.3, 0.4) is 0 Å². The number of benzene rings is 1. The summed E-state index contributed by atoms with van der Waals surface area (Å²) in [6.45, 7) is 4.06. The highest BCUT2D eigenvalue weighted by molar-refractivity contribution is 5.35. The molecule has 0 fully saturated rings. The molecule has 0 heteroatoms. The van der Waals surface area contributed by atoms with E-state index in [0.717, 1.165) is 12.0 Å². The molecule has 0 saturated carbocycles. The van der Waals surface area contributed by atoms with Gasteiger partial charge < -0.3 is 0 Å². The summed E-state index contributed by atoms with van der Waals surface area (Å²) in [6.07, 6.45) is 3.59. The predicted molar refractivity (Wildman–Crippen MR) is 56.4 cm³/mol. The Morgan fingerprint density at radius 3 is 2.92 bits per heavy atom. The maximum absolute atomic E-state index is 3.31. The first-order valence-electron chi connectivity index (χ1n) is 4.80. The highest BCUT2D eigenvalue weighted by atomic mass is 14.0. The fourth-order valence-corrected chi connectivity index (χ4v) is 1.24. The minimum absolute atomic E-state index is 1.01. The molecule has 0 spiro atoms. The molecule has 0 atom stereocenters. The van der Waals surface area contributed by atoms with Crippen LogP contribution in [-0.4, -0.2) is 0 Å². The van der Waals surface area contributed by atoms with E-state index in [1.807, 2.05) is 13.0 Å². The van der Waals surface area contributed by atoms with Crippen molar-refractivity contribution in [3.05, 3.63) is 35.4 Å². The summed E-state index contributed by atoms with van der Waals surface area (Å²) in [5.41, 5.74) is 2.29. The summed E-state index contributed by atoms with van der Waals surface area (Å²) >= 11 is 0. The standard InChI is InChI=1S/C13H15/c1-3-5-8-13-10-6-9-12(11-13)7-4-2/h6,9-10H,3,5,8H2,1-2H3. The van der Waals surface area contributed by atoms with E-state index in [0.29, 0.717) is 0 Å². The van der Waals surface area contributed by atoms with Crippen molar-refractivity contribution in [3.8, 4) is 11.8 Å². The Labute approximate surface area is 81.0 Å². The summed E-state index contributed by atoms with van der Waals surface area (Å²) in [6, 6.07) is 9.49. The molecule has 1 aromatic rings. The largest absolute Gasteiger partial charge is 0.101 e. The van der Waals surface area contributed by atoms with E-state index >= 15 is 0 Å². The highest BCUT2D eigenvalue weighted by Crippen LogP contribution is 2.06. The molecule has 0 aromatic heterocycles. The molecule has 0 saturated heterocycles. The van der Waals surface area contributed by atoms with E-state index in [4.69, 9.17) is 0 Å².